The number of benzene rings is 6. The minimum atomic E-state index is -6.09. The number of aromatic nitrogens is 4. The molecular weight excluding hydrogens is 1370 g/mol. The Balaban J connectivity index is 0.000000337. The van der Waals surface area contributed by atoms with Crippen LogP contribution >= 0.6 is 0 Å². The van der Waals surface area contributed by atoms with Gasteiger partial charge in [0.25, 0.3) is 0 Å². The molecule has 0 amide bonds. The summed E-state index contributed by atoms with van der Waals surface area (Å²) in [4.78, 5) is 17.7. The van der Waals surface area contributed by atoms with Gasteiger partial charge >= 0.3 is 5.51 Å². The molecule has 0 aliphatic carbocycles. The number of hydrogen-bond donors (Lipinski definition) is 2. The molecule has 0 saturated heterocycles. The number of rotatable bonds is 8. The van der Waals surface area contributed by atoms with Crippen LogP contribution in [0.15, 0.2) is 237 Å². The van der Waals surface area contributed by atoms with Gasteiger partial charge < -0.3 is 29.7 Å². The van der Waals surface area contributed by atoms with Crippen molar-refractivity contribution in [2.24, 2.45) is 0 Å². The zero-order valence-corrected chi connectivity index (χ0v) is 48.7. The second kappa shape index (κ2) is 36.8. The van der Waals surface area contributed by atoms with Crippen LogP contribution in [0.3, 0.4) is 0 Å². The average Bonchev–Trinajstić information content (AvgIpc) is 3.50. The van der Waals surface area contributed by atoms with Crippen LogP contribution in [-0.4, -0.2) is 62.8 Å². The molecular formula is C63H57F3Ir2N4O5S-4. The van der Waals surface area contributed by atoms with Gasteiger partial charge in [-0.25, -0.2) is 8.42 Å². The van der Waals surface area contributed by atoms with E-state index in [-0.39, 0.29) is 40.2 Å². The number of aliphatic hydroxyl groups is 2. The molecule has 408 valence electrons. The number of aryl methyl sites for hydroxylation is 2. The Kier molecular flexibility index (Phi) is 31.6. The van der Waals surface area contributed by atoms with Crippen molar-refractivity contribution in [3.8, 4) is 67.3 Å². The molecule has 10 rings (SSSR count). The second-order valence-corrected chi connectivity index (χ2v) is 16.8. The Labute approximate surface area is 483 Å². The molecule has 0 spiro atoms. The molecule has 0 atom stereocenters. The predicted octanol–water partition coefficient (Wildman–Crippen LogP) is 14.1. The van der Waals surface area contributed by atoms with Crippen LogP contribution in [-0.2, 0) is 63.2 Å². The van der Waals surface area contributed by atoms with Gasteiger partial charge in [0.15, 0.2) is 10.1 Å². The van der Waals surface area contributed by atoms with Gasteiger partial charge in [0.1, 0.15) is 0 Å². The molecule has 0 aliphatic rings. The summed E-state index contributed by atoms with van der Waals surface area (Å²) < 4.78 is 58.9. The maximum Gasteiger partial charge on any atom is 0.485 e. The van der Waals surface area contributed by atoms with E-state index in [1.807, 2.05) is 158 Å². The van der Waals surface area contributed by atoms with Gasteiger partial charge in [-0.05, 0) is 70.4 Å². The molecule has 0 aliphatic heterocycles. The van der Waals surface area contributed by atoms with E-state index in [0.717, 1.165) is 72.1 Å². The van der Waals surface area contributed by atoms with E-state index in [4.69, 9.17) is 23.2 Å². The van der Waals surface area contributed by atoms with E-state index in [2.05, 4.69) is 125 Å². The molecule has 0 unspecified atom stereocenters. The van der Waals surface area contributed by atoms with Crippen LogP contribution in [0.4, 0.5) is 13.2 Å². The third-order valence-electron chi connectivity index (χ3n) is 10.5. The molecule has 0 bridgehead atoms. The Morgan fingerprint density at radius 3 is 1.04 bits per heavy atom. The second-order valence-electron chi connectivity index (χ2n) is 15.4. The predicted molar refractivity (Wildman–Crippen MR) is 297 cm³/mol. The summed E-state index contributed by atoms with van der Waals surface area (Å²) in [7, 11) is -4.09. The maximum atomic E-state index is 10.7. The number of pyridine rings is 4. The average molecular weight is 1420 g/mol. The van der Waals surface area contributed by atoms with Crippen molar-refractivity contribution in [3.05, 3.63) is 266 Å². The standard InChI is InChI=1S/2C19H16N.C11H9N.C11H8N.CHF3O3S.2CH4O.2Ir/c2*1-2-15-13-19(17-11-7-4-8-12-17)20-14-18(15)16-9-5-3-6-10-16;2*1-2-6-10(7-3-1)11-8-4-5-9-12-11;2-1(3,4)8(5,6)7;2*1-2;;/h2*3-11,13-14H,2H2,1H3;1-9H;1-6,8-9H;(H,5,6,7);2*2H,1H3;;/q2*-1;;-1;;;;;/p-1. The maximum absolute atomic E-state index is 10.7. The third kappa shape index (κ3) is 22.1. The van der Waals surface area contributed by atoms with Crippen molar-refractivity contribution >= 4 is 10.1 Å². The van der Waals surface area contributed by atoms with E-state index in [9.17, 15) is 13.2 Å². The number of hydrogen-bond acceptors (Lipinski definition) is 9. The molecule has 10 aromatic rings. The van der Waals surface area contributed by atoms with E-state index < -0.39 is 15.6 Å². The SMILES string of the molecule is CCc1cc(-c2[c-]cccc2)ncc1-c1ccccc1.CCc1cc(-c2[c-]cccc2)ncc1-c1ccccc1.CO.CO.O=S(=O)([O-])C(F)(F)F.[Ir].[Ir].[c-]1ccccc1-c1ccccn1.c1ccc(-c2ccccn2)cc1. The van der Waals surface area contributed by atoms with E-state index >= 15 is 0 Å². The van der Waals surface area contributed by atoms with Crippen LogP contribution in [0.25, 0.3) is 67.3 Å². The fourth-order valence-electron chi connectivity index (χ4n) is 6.95. The summed E-state index contributed by atoms with van der Waals surface area (Å²) in [5, 5.41) is 14.0. The van der Waals surface area contributed by atoms with Crippen LogP contribution in [0.2, 0.25) is 0 Å². The van der Waals surface area contributed by atoms with Gasteiger partial charge in [0, 0.05) is 95.9 Å². The number of alkyl halides is 3. The Morgan fingerprint density at radius 1 is 0.436 bits per heavy atom. The zero-order valence-electron chi connectivity index (χ0n) is 43.0. The quantitative estimate of drug-likeness (QED) is 0.0861. The van der Waals surface area contributed by atoms with Crippen molar-refractivity contribution in [3.63, 3.8) is 0 Å². The molecule has 15 heteroatoms. The Hall–Kier alpha value is -7.16. The minimum absolute atomic E-state index is 0. The van der Waals surface area contributed by atoms with E-state index in [0.29, 0.717) is 0 Å². The first-order valence-corrected chi connectivity index (χ1v) is 25.1. The van der Waals surface area contributed by atoms with Crippen molar-refractivity contribution < 1.29 is 76.6 Å². The molecule has 0 saturated carbocycles. The monoisotopic (exact) mass is 1420 g/mol. The molecule has 6 aromatic carbocycles. The molecule has 2 radical (unpaired) electrons. The summed E-state index contributed by atoms with van der Waals surface area (Å²) in [6, 6.07) is 80.5. The summed E-state index contributed by atoms with van der Waals surface area (Å²) in [6.07, 6.45) is 9.53. The number of nitrogens with zero attached hydrogens (tertiary/aromatic N) is 4. The normalized spacial score (nSPS) is 9.92. The summed E-state index contributed by atoms with van der Waals surface area (Å²) in [5.74, 6) is 0. The molecule has 4 heterocycles. The van der Waals surface area contributed by atoms with Crippen LogP contribution in [0, 0.1) is 18.2 Å². The molecule has 2 N–H and O–H groups in total. The number of aliphatic hydroxyl groups excluding tert-OH is 2. The smallest absolute Gasteiger partial charge is 0.485 e. The van der Waals surface area contributed by atoms with Gasteiger partial charge in [-0.15, -0.1) is 108 Å². The van der Waals surface area contributed by atoms with Crippen molar-refractivity contribution in [2.75, 3.05) is 14.2 Å². The topological polar surface area (TPSA) is 149 Å². The summed E-state index contributed by atoms with van der Waals surface area (Å²) in [5.41, 5.74) is 10.1. The van der Waals surface area contributed by atoms with Gasteiger partial charge in [-0.1, -0.05) is 135 Å². The van der Waals surface area contributed by atoms with Gasteiger partial charge in [-0.2, -0.15) is 13.2 Å². The van der Waals surface area contributed by atoms with Crippen molar-refractivity contribution in [1.29, 1.82) is 0 Å². The fourth-order valence-corrected chi connectivity index (χ4v) is 6.95. The largest absolute Gasteiger partial charge is 0.741 e. The molecule has 0 fully saturated rings. The van der Waals surface area contributed by atoms with Crippen molar-refractivity contribution in [2.45, 2.75) is 32.2 Å². The first kappa shape index (κ1) is 66.9. The summed E-state index contributed by atoms with van der Waals surface area (Å²) in [6.45, 7) is 4.36. The van der Waals surface area contributed by atoms with Crippen molar-refractivity contribution in [1.82, 2.24) is 19.9 Å². The fraction of sp³-hybridized carbons (Fsp3) is 0.111. The minimum Gasteiger partial charge on any atom is -0.741 e. The first-order valence-electron chi connectivity index (χ1n) is 23.7. The zero-order chi connectivity index (χ0) is 55.0. The Bertz CT molecular complexity index is 2980. The summed E-state index contributed by atoms with van der Waals surface area (Å²) >= 11 is 0. The first-order chi connectivity index (χ1) is 36.9. The third-order valence-corrected chi connectivity index (χ3v) is 11.1. The van der Waals surface area contributed by atoms with Crippen LogP contribution < -0.4 is 0 Å². The molecule has 78 heavy (non-hydrogen) atoms. The van der Waals surface area contributed by atoms with Gasteiger partial charge in [0.05, 0.1) is 5.69 Å². The molecule has 9 nitrogen and oxygen atoms in total. The van der Waals surface area contributed by atoms with E-state index in [1.54, 1.807) is 6.20 Å². The van der Waals surface area contributed by atoms with Gasteiger partial charge in [-0.3, -0.25) is 4.98 Å². The van der Waals surface area contributed by atoms with E-state index in [1.165, 1.54) is 33.4 Å². The van der Waals surface area contributed by atoms with Crippen LogP contribution in [0.5, 0.6) is 0 Å². The number of halogens is 3. The Morgan fingerprint density at radius 2 is 0.744 bits per heavy atom. The van der Waals surface area contributed by atoms with Crippen LogP contribution in [0.1, 0.15) is 25.0 Å². The molecule has 4 aromatic heterocycles. The van der Waals surface area contributed by atoms with Gasteiger partial charge in [0.2, 0.25) is 0 Å².